The molecule has 0 amide bonds. The van der Waals surface area contributed by atoms with Crippen LogP contribution in [-0.4, -0.2) is 65.9 Å². The molecule has 0 saturated carbocycles. The molecule has 1 heterocycles. The normalized spacial score (nSPS) is 10.7. The summed E-state index contributed by atoms with van der Waals surface area (Å²) in [5, 5.41) is 18.7. The molecule has 0 aliphatic rings. The van der Waals surface area contributed by atoms with E-state index in [0.717, 1.165) is 6.54 Å². The van der Waals surface area contributed by atoms with Crippen LogP contribution in [0.5, 0.6) is 5.75 Å². The van der Waals surface area contributed by atoms with E-state index < -0.39 is 5.97 Å². The third-order valence-corrected chi connectivity index (χ3v) is 4.96. The van der Waals surface area contributed by atoms with Gasteiger partial charge in [0.1, 0.15) is 5.75 Å². The van der Waals surface area contributed by atoms with Gasteiger partial charge >= 0.3 is 5.97 Å². The van der Waals surface area contributed by atoms with Crippen molar-refractivity contribution < 1.29 is 24.5 Å². The molecular weight excluding hydrogens is 420 g/mol. The van der Waals surface area contributed by atoms with Crippen LogP contribution in [0.3, 0.4) is 0 Å². The predicted molar refractivity (Wildman–Crippen MR) is 121 cm³/mol. The van der Waals surface area contributed by atoms with Crippen LogP contribution in [0.15, 0.2) is 42.5 Å². The van der Waals surface area contributed by atoms with E-state index in [2.05, 4.69) is 0 Å². The molecule has 31 heavy (non-hydrogen) atoms. The zero-order valence-electron chi connectivity index (χ0n) is 18.1. The number of hydrogen-bond donors (Lipinski definition) is 2. The van der Waals surface area contributed by atoms with Crippen molar-refractivity contribution in [1.29, 1.82) is 0 Å². The van der Waals surface area contributed by atoms with Crippen LogP contribution in [0.4, 0.5) is 0 Å². The second-order valence-corrected chi connectivity index (χ2v) is 7.63. The number of likely N-dealkylation sites (N-methyl/N-ethyl adjacent to an activating group) is 1. The topological polar surface area (TPSA) is 92.0 Å². The molecule has 3 rings (SSSR count). The maximum absolute atomic E-state index is 13.0. The van der Waals surface area contributed by atoms with E-state index in [1.807, 2.05) is 19.0 Å². The summed E-state index contributed by atoms with van der Waals surface area (Å²) in [6, 6.07) is 11.9. The number of carboxylic acid groups (broad SMARTS) is 1. The first-order chi connectivity index (χ1) is 14.7. The van der Waals surface area contributed by atoms with Crippen LogP contribution in [0.25, 0.3) is 10.9 Å². The summed E-state index contributed by atoms with van der Waals surface area (Å²) in [4.78, 5) is 26.2. The van der Waals surface area contributed by atoms with Crippen molar-refractivity contribution in [1.82, 2.24) is 9.47 Å². The Morgan fingerprint density at radius 1 is 1.13 bits per heavy atom. The lowest BCUT2D eigenvalue weighted by Crippen LogP contribution is -2.15. The Hall–Kier alpha value is -2.87. The second kappa shape index (κ2) is 10.9. The lowest BCUT2D eigenvalue weighted by molar-refractivity contribution is -0.136. The van der Waals surface area contributed by atoms with Gasteiger partial charge in [-0.05, 0) is 69.0 Å². The number of halogens is 1. The summed E-state index contributed by atoms with van der Waals surface area (Å²) in [7, 11) is 5.40. The van der Waals surface area contributed by atoms with Crippen molar-refractivity contribution in [2.45, 2.75) is 13.3 Å². The van der Waals surface area contributed by atoms with Crippen LogP contribution < -0.4 is 4.74 Å². The smallest absolute Gasteiger partial charge is 0.307 e. The maximum atomic E-state index is 13.0. The van der Waals surface area contributed by atoms with Crippen LogP contribution in [-0.2, 0) is 11.2 Å². The van der Waals surface area contributed by atoms with E-state index in [1.54, 1.807) is 56.5 Å². The number of rotatable bonds is 6. The molecule has 0 unspecified atom stereocenters. The van der Waals surface area contributed by atoms with E-state index >= 15 is 0 Å². The highest BCUT2D eigenvalue weighted by Crippen LogP contribution is 2.30. The van der Waals surface area contributed by atoms with Crippen molar-refractivity contribution in [3.05, 3.63) is 64.3 Å². The quantitative estimate of drug-likeness (QED) is 0.602. The standard InChI is InChI=1S/C19H16ClNO4.C4H11NO/c1-11-15(10-18(22)23)16-9-14(25-2)7-8-17(16)21(11)19(24)12-3-5-13(20)6-4-12;1-5(2)3-4-6/h3-9H,10H2,1-2H3,(H,22,23);6H,3-4H2,1-2H3. The number of hydrogen-bond acceptors (Lipinski definition) is 5. The summed E-state index contributed by atoms with van der Waals surface area (Å²) in [6.45, 7) is 2.77. The molecule has 0 bridgehead atoms. The van der Waals surface area contributed by atoms with Crippen LogP contribution in [0.2, 0.25) is 5.02 Å². The van der Waals surface area contributed by atoms with E-state index in [0.29, 0.717) is 38.5 Å². The largest absolute Gasteiger partial charge is 0.497 e. The number of benzene rings is 2. The number of fused-ring (bicyclic) bond motifs is 1. The molecule has 2 N–H and O–H groups in total. The minimum Gasteiger partial charge on any atom is -0.497 e. The third-order valence-electron chi connectivity index (χ3n) is 4.71. The molecule has 8 heteroatoms. The van der Waals surface area contributed by atoms with Gasteiger partial charge in [-0.25, -0.2) is 0 Å². The molecule has 0 aliphatic heterocycles. The molecule has 0 spiro atoms. The SMILES string of the molecule is CN(C)CCO.COc1ccc2c(c1)c(CC(=O)O)c(C)n2C(=O)c1ccc(Cl)cc1. The van der Waals surface area contributed by atoms with Gasteiger partial charge in [0.2, 0.25) is 0 Å². The van der Waals surface area contributed by atoms with E-state index in [4.69, 9.17) is 21.4 Å². The van der Waals surface area contributed by atoms with E-state index in [1.165, 1.54) is 4.57 Å². The molecule has 1 aromatic heterocycles. The minimum atomic E-state index is -0.955. The predicted octanol–water partition coefficient (Wildman–Crippen LogP) is 3.47. The van der Waals surface area contributed by atoms with Crippen molar-refractivity contribution in [2.75, 3.05) is 34.4 Å². The first kappa shape index (κ1) is 24.4. The number of aliphatic carboxylic acids is 1. The summed E-state index contributed by atoms with van der Waals surface area (Å²) in [6.07, 6.45) is -0.170. The van der Waals surface area contributed by atoms with Crippen LogP contribution in [0, 0.1) is 6.92 Å². The average molecular weight is 447 g/mol. The molecule has 7 nitrogen and oxygen atoms in total. The zero-order valence-corrected chi connectivity index (χ0v) is 18.8. The van der Waals surface area contributed by atoms with Gasteiger partial charge in [0.05, 0.1) is 25.7 Å². The molecule has 0 atom stereocenters. The van der Waals surface area contributed by atoms with Gasteiger partial charge in [0.15, 0.2) is 0 Å². The fraction of sp³-hybridized carbons (Fsp3) is 0.304. The van der Waals surface area contributed by atoms with Gasteiger partial charge in [-0.1, -0.05) is 11.6 Å². The summed E-state index contributed by atoms with van der Waals surface area (Å²) in [5.74, 6) is -0.583. The molecule has 0 saturated heterocycles. The maximum Gasteiger partial charge on any atom is 0.307 e. The van der Waals surface area contributed by atoms with Gasteiger partial charge in [-0.15, -0.1) is 0 Å². The number of carbonyl (C=O) groups excluding carboxylic acids is 1. The highest BCUT2D eigenvalue weighted by Gasteiger charge is 2.21. The first-order valence-corrected chi connectivity index (χ1v) is 10.0. The van der Waals surface area contributed by atoms with Gasteiger partial charge in [-0.3, -0.25) is 14.2 Å². The number of carbonyl (C=O) groups is 2. The fourth-order valence-corrected chi connectivity index (χ4v) is 3.27. The molecule has 0 radical (unpaired) electrons. The van der Waals surface area contributed by atoms with Crippen molar-refractivity contribution in [2.24, 2.45) is 0 Å². The van der Waals surface area contributed by atoms with Gasteiger partial charge in [0, 0.05) is 28.2 Å². The van der Waals surface area contributed by atoms with Crippen molar-refractivity contribution >= 4 is 34.4 Å². The van der Waals surface area contributed by atoms with Crippen molar-refractivity contribution in [3.8, 4) is 5.75 Å². The molecule has 166 valence electrons. The van der Waals surface area contributed by atoms with Crippen LogP contribution >= 0.6 is 11.6 Å². The molecular formula is C23H27ClN2O5. The second-order valence-electron chi connectivity index (χ2n) is 7.19. The Balaban J connectivity index is 0.000000501. The molecule has 2 aromatic carbocycles. The summed E-state index contributed by atoms with van der Waals surface area (Å²) in [5.41, 5.74) is 2.32. The monoisotopic (exact) mass is 446 g/mol. The van der Waals surface area contributed by atoms with E-state index in [9.17, 15) is 14.7 Å². The molecule has 3 aromatic rings. The van der Waals surface area contributed by atoms with Crippen LogP contribution in [0.1, 0.15) is 21.6 Å². The molecule has 0 fully saturated rings. The Kier molecular flexibility index (Phi) is 8.62. The Morgan fingerprint density at radius 3 is 2.26 bits per heavy atom. The number of ether oxygens (including phenoxy) is 1. The van der Waals surface area contributed by atoms with Gasteiger partial charge in [-0.2, -0.15) is 0 Å². The number of aliphatic hydroxyl groups excluding tert-OH is 1. The summed E-state index contributed by atoms with van der Waals surface area (Å²) >= 11 is 5.89. The Morgan fingerprint density at radius 2 is 1.77 bits per heavy atom. The highest BCUT2D eigenvalue weighted by molar-refractivity contribution is 6.30. The van der Waals surface area contributed by atoms with Gasteiger partial charge < -0.3 is 19.8 Å². The fourth-order valence-electron chi connectivity index (χ4n) is 3.15. The minimum absolute atomic E-state index is 0.170. The third kappa shape index (κ3) is 6.07. The molecule has 0 aliphatic carbocycles. The number of methoxy groups -OCH3 is 1. The number of carboxylic acids is 1. The first-order valence-electron chi connectivity index (χ1n) is 9.65. The Labute approximate surface area is 186 Å². The number of aromatic nitrogens is 1. The van der Waals surface area contributed by atoms with Crippen molar-refractivity contribution in [3.63, 3.8) is 0 Å². The number of aliphatic hydroxyl groups is 1. The van der Waals surface area contributed by atoms with E-state index in [-0.39, 0.29) is 18.9 Å². The van der Waals surface area contributed by atoms with Gasteiger partial charge in [0.25, 0.3) is 5.91 Å². The average Bonchev–Trinajstić information content (AvgIpc) is 2.98. The Bertz CT molecular complexity index is 1060. The lowest BCUT2D eigenvalue weighted by atomic mass is 10.1. The number of nitrogens with zero attached hydrogens (tertiary/aromatic N) is 2. The summed E-state index contributed by atoms with van der Waals surface area (Å²) < 4.78 is 6.77. The lowest BCUT2D eigenvalue weighted by Gasteiger charge is -2.08. The highest BCUT2D eigenvalue weighted by atomic mass is 35.5. The zero-order chi connectivity index (χ0) is 23.1.